The first-order valence-corrected chi connectivity index (χ1v) is 12.6. The van der Waals surface area contributed by atoms with Crippen molar-refractivity contribution in [2.45, 2.75) is 18.2 Å². The molecule has 2 aromatic carbocycles. The first kappa shape index (κ1) is 22.1. The summed E-state index contributed by atoms with van der Waals surface area (Å²) < 4.78 is 35.6. The second kappa shape index (κ2) is 8.82. The van der Waals surface area contributed by atoms with Crippen LogP contribution in [0.5, 0.6) is 11.5 Å². The smallest absolute Gasteiger partial charge is 0.274 e. The molecule has 164 valence electrons. The summed E-state index contributed by atoms with van der Waals surface area (Å²) in [5, 5.41) is 0.650. The summed E-state index contributed by atoms with van der Waals surface area (Å²) in [6, 6.07) is 12.4. The van der Waals surface area contributed by atoms with Crippen LogP contribution in [-0.2, 0) is 19.4 Å². The number of carbonyl (C=O) groups is 1. The zero-order valence-corrected chi connectivity index (χ0v) is 19.3. The van der Waals surface area contributed by atoms with Crippen molar-refractivity contribution in [3.05, 3.63) is 53.1 Å². The van der Waals surface area contributed by atoms with Crippen molar-refractivity contribution < 1.29 is 22.7 Å². The number of thioether (sulfide) groups is 1. The Bertz CT molecular complexity index is 1150. The molecule has 2 heterocycles. The van der Waals surface area contributed by atoms with E-state index in [1.807, 2.05) is 31.2 Å². The van der Waals surface area contributed by atoms with Crippen LogP contribution in [0.4, 0.5) is 5.69 Å². The Morgan fingerprint density at radius 3 is 2.81 bits per heavy atom. The molecule has 0 N–H and O–H groups in total. The third-order valence-electron chi connectivity index (χ3n) is 4.95. The monoisotopic (exact) mass is 480 g/mol. The number of benzene rings is 2. The molecule has 2 fully saturated rings. The van der Waals surface area contributed by atoms with E-state index in [0.29, 0.717) is 27.4 Å². The number of aliphatic imine (C=N–C) groups is 1. The van der Waals surface area contributed by atoms with Crippen LogP contribution in [0, 0.1) is 6.92 Å². The predicted octanol–water partition coefficient (Wildman–Crippen LogP) is 3.69. The third kappa shape index (κ3) is 4.90. The predicted molar refractivity (Wildman–Crippen MR) is 123 cm³/mol. The van der Waals surface area contributed by atoms with Crippen LogP contribution in [-0.4, -0.2) is 56.0 Å². The Morgan fingerprint density at radius 1 is 1.26 bits per heavy atom. The fraction of sp³-hybridized carbons (Fsp3) is 0.333. The van der Waals surface area contributed by atoms with Gasteiger partial charge in [-0.1, -0.05) is 35.5 Å². The van der Waals surface area contributed by atoms with Gasteiger partial charge in [0.25, 0.3) is 5.91 Å². The number of nitrogens with zero attached hydrogens (tertiary/aromatic N) is 2. The quantitative estimate of drug-likeness (QED) is 0.645. The molecule has 0 radical (unpaired) electrons. The van der Waals surface area contributed by atoms with Crippen molar-refractivity contribution in [2.75, 3.05) is 30.1 Å². The van der Waals surface area contributed by atoms with Crippen molar-refractivity contribution in [1.82, 2.24) is 0 Å². The number of rotatable bonds is 5. The Hall–Kier alpha value is -2.07. The average molecular weight is 481 g/mol. The lowest BCUT2D eigenvalue weighted by atomic mass is 10.2. The molecule has 2 saturated heterocycles. The van der Waals surface area contributed by atoms with Gasteiger partial charge in [0, 0.05) is 17.4 Å². The Morgan fingerprint density at radius 2 is 2.06 bits per heavy atom. The summed E-state index contributed by atoms with van der Waals surface area (Å²) >= 11 is 7.58. The molecule has 2 aliphatic rings. The number of hydrogen-bond donors (Lipinski definition) is 0. The SMILES string of the molecule is COCC(=O)N=C1S[C@@H]2CS(=O)(=O)C[C@H]2N1c1cc(Cl)ccc1Oc1cccc(C)c1. The fourth-order valence-corrected chi connectivity index (χ4v) is 7.77. The lowest BCUT2D eigenvalue weighted by Gasteiger charge is -2.26. The Kier molecular flexibility index (Phi) is 6.30. The van der Waals surface area contributed by atoms with Gasteiger partial charge in [-0.25, -0.2) is 8.42 Å². The van der Waals surface area contributed by atoms with E-state index in [0.717, 1.165) is 5.56 Å². The van der Waals surface area contributed by atoms with Gasteiger partial charge in [-0.3, -0.25) is 4.79 Å². The molecule has 1 amide bonds. The highest BCUT2D eigenvalue weighted by atomic mass is 35.5. The van der Waals surface area contributed by atoms with E-state index >= 15 is 0 Å². The van der Waals surface area contributed by atoms with Gasteiger partial charge in [0.15, 0.2) is 20.8 Å². The summed E-state index contributed by atoms with van der Waals surface area (Å²) in [6.45, 7) is 1.81. The second-order valence-corrected chi connectivity index (χ2v) is 11.2. The molecule has 0 aromatic heterocycles. The summed E-state index contributed by atoms with van der Waals surface area (Å²) in [5.41, 5.74) is 1.61. The number of aryl methyl sites for hydroxylation is 1. The van der Waals surface area contributed by atoms with Crippen LogP contribution in [0.15, 0.2) is 47.5 Å². The maximum Gasteiger partial charge on any atom is 0.274 e. The van der Waals surface area contributed by atoms with E-state index in [2.05, 4.69) is 4.99 Å². The van der Waals surface area contributed by atoms with E-state index < -0.39 is 15.7 Å². The van der Waals surface area contributed by atoms with Crippen molar-refractivity contribution >= 4 is 50.0 Å². The third-order valence-corrected chi connectivity index (χ3v) is 8.40. The van der Waals surface area contributed by atoms with Crippen LogP contribution in [0.1, 0.15) is 5.56 Å². The molecule has 0 unspecified atom stereocenters. The maximum atomic E-state index is 12.3. The van der Waals surface area contributed by atoms with Gasteiger partial charge in [0.1, 0.15) is 12.4 Å². The van der Waals surface area contributed by atoms with Crippen LogP contribution in [0.3, 0.4) is 0 Å². The number of fused-ring (bicyclic) bond motifs is 1. The minimum Gasteiger partial charge on any atom is -0.455 e. The zero-order chi connectivity index (χ0) is 22.2. The number of hydrogen-bond acceptors (Lipinski definition) is 6. The lowest BCUT2D eigenvalue weighted by Crippen LogP contribution is -2.38. The minimum absolute atomic E-state index is 0.0292. The van der Waals surface area contributed by atoms with Gasteiger partial charge in [-0.2, -0.15) is 4.99 Å². The first-order valence-electron chi connectivity index (χ1n) is 9.56. The Labute approximate surface area is 190 Å². The van der Waals surface area contributed by atoms with E-state index in [9.17, 15) is 13.2 Å². The van der Waals surface area contributed by atoms with Crippen LogP contribution in [0.25, 0.3) is 0 Å². The van der Waals surface area contributed by atoms with Gasteiger partial charge in [-0.05, 0) is 42.8 Å². The number of methoxy groups -OCH3 is 1. The molecule has 10 heteroatoms. The average Bonchev–Trinajstić information content (AvgIpc) is 3.14. The largest absolute Gasteiger partial charge is 0.455 e. The topological polar surface area (TPSA) is 85.3 Å². The van der Waals surface area contributed by atoms with Crippen molar-refractivity contribution in [1.29, 1.82) is 0 Å². The molecular formula is C21H21ClN2O5S2. The number of sulfone groups is 1. The molecule has 7 nitrogen and oxygen atoms in total. The van der Waals surface area contributed by atoms with Gasteiger partial charge in [-0.15, -0.1) is 0 Å². The van der Waals surface area contributed by atoms with Gasteiger partial charge in [0.2, 0.25) is 0 Å². The molecule has 0 bridgehead atoms. The van der Waals surface area contributed by atoms with E-state index in [-0.39, 0.29) is 29.4 Å². The highest BCUT2D eigenvalue weighted by molar-refractivity contribution is 8.16. The maximum absolute atomic E-state index is 12.3. The van der Waals surface area contributed by atoms with Crippen molar-refractivity contribution in [3.63, 3.8) is 0 Å². The van der Waals surface area contributed by atoms with Crippen molar-refractivity contribution in [3.8, 4) is 11.5 Å². The van der Waals surface area contributed by atoms with Gasteiger partial charge < -0.3 is 14.4 Å². The number of anilines is 1. The number of halogens is 1. The van der Waals surface area contributed by atoms with E-state index in [1.165, 1.54) is 18.9 Å². The molecule has 31 heavy (non-hydrogen) atoms. The molecule has 2 atom stereocenters. The molecular weight excluding hydrogens is 460 g/mol. The normalized spacial score (nSPS) is 23.2. The first-order chi connectivity index (χ1) is 14.8. The number of amides is 1. The fourth-order valence-electron chi connectivity index (χ4n) is 3.68. The summed E-state index contributed by atoms with van der Waals surface area (Å²) in [4.78, 5) is 18.1. The molecule has 2 aromatic rings. The highest BCUT2D eigenvalue weighted by Crippen LogP contribution is 2.45. The van der Waals surface area contributed by atoms with Crippen molar-refractivity contribution in [2.24, 2.45) is 4.99 Å². The zero-order valence-electron chi connectivity index (χ0n) is 16.9. The Balaban J connectivity index is 1.78. The molecule has 0 spiro atoms. The molecule has 0 aliphatic carbocycles. The van der Waals surface area contributed by atoms with Crippen LogP contribution >= 0.6 is 23.4 Å². The standard InChI is InChI=1S/C21H21ClN2O5S2/c1-13-4-3-5-15(8-13)29-18-7-6-14(22)9-16(18)24-17-11-31(26,27)12-19(17)30-21(24)23-20(25)10-28-2/h3-9,17,19H,10-12H2,1-2H3/t17-,19-/m1/s1. The number of ether oxygens (including phenoxy) is 2. The second-order valence-electron chi connectivity index (χ2n) is 7.42. The lowest BCUT2D eigenvalue weighted by molar-refractivity contribution is -0.121. The van der Waals surface area contributed by atoms with Gasteiger partial charge >= 0.3 is 0 Å². The van der Waals surface area contributed by atoms with E-state index in [1.54, 1.807) is 23.1 Å². The van der Waals surface area contributed by atoms with Crippen LogP contribution in [0.2, 0.25) is 5.02 Å². The van der Waals surface area contributed by atoms with Crippen LogP contribution < -0.4 is 9.64 Å². The summed E-state index contributed by atoms with van der Waals surface area (Å²) in [5.74, 6) is 0.692. The highest BCUT2D eigenvalue weighted by Gasteiger charge is 2.50. The summed E-state index contributed by atoms with van der Waals surface area (Å²) in [6.07, 6.45) is 0. The van der Waals surface area contributed by atoms with Gasteiger partial charge in [0.05, 0.1) is 23.2 Å². The molecule has 4 rings (SSSR count). The summed E-state index contributed by atoms with van der Waals surface area (Å²) in [7, 11) is -1.78. The number of carbonyl (C=O) groups excluding carboxylic acids is 1. The van der Waals surface area contributed by atoms with E-state index in [4.69, 9.17) is 21.1 Å². The molecule has 0 saturated carbocycles. The number of amidine groups is 1. The molecule has 2 aliphatic heterocycles. The minimum atomic E-state index is -3.20.